The Balaban J connectivity index is 2.11. The molecule has 0 atom stereocenters. The van der Waals surface area contributed by atoms with E-state index in [2.05, 4.69) is 48.1 Å². The molecule has 0 saturated carbocycles. The minimum Gasteiger partial charge on any atom is -0.367 e. The molecule has 0 spiro atoms. The lowest BCUT2D eigenvalue weighted by Gasteiger charge is -2.23. The summed E-state index contributed by atoms with van der Waals surface area (Å²) in [5.41, 5.74) is 2.73. The summed E-state index contributed by atoms with van der Waals surface area (Å²) in [7, 11) is 0. The number of hydrogen-bond donors (Lipinski definition) is 1. The topological polar surface area (TPSA) is 45.2 Å². The van der Waals surface area contributed by atoms with Crippen LogP contribution in [0.1, 0.15) is 36.8 Å². The van der Waals surface area contributed by atoms with Crippen LogP contribution in [0.15, 0.2) is 48.7 Å². The number of pyridine rings is 1. The fourth-order valence-corrected chi connectivity index (χ4v) is 2.32. The number of carbonyl (C=O) groups excluding carboxylic acids is 1. The van der Waals surface area contributed by atoms with Crippen LogP contribution in [0.2, 0.25) is 0 Å². The van der Waals surface area contributed by atoms with E-state index in [1.807, 2.05) is 30.3 Å². The normalized spacial score (nSPS) is 10.6. The highest BCUT2D eigenvalue weighted by Crippen LogP contribution is 2.17. The number of rotatable bonds is 7. The van der Waals surface area contributed by atoms with Gasteiger partial charge in [-0.15, -0.1) is 0 Å². The second-order valence-electron chi connectivity index (χ2n) is 6.00. The third-order valence-electron chi connectivity index (χ3n) is 3.61. The Morgan fingerprint density at radius 3 is 2.61 bits per heavy atom. The van der Waals surface area contributed by atoms with Crippen molar-refractivity contribution < 1.29 is 4.79 Å². The number of amides is 1. The van der Waals surface area contributed by atoms with Gasteiger partial charge in [-0.1, -0.05) is 44.2 Å². The number of anilines is 1. The first kappa shape index (κ1) is 17.0. The molecule has 4 nitrogen and oxygen atoms in total. The van der Waals surface area contributed by atoms with Crippen molar-refractivity contribution in [3.8, 4) is 0 Å². The molecular weight excluding hydrogens is 286 g/mol. The molecule has 4 heteroatoms. The third-order valence-corrected chi connectivity index (χ3v) is 3.61. The molecule has 1 amide bonds. The number of nitrogens with zero attached hydrogens (tertiary/aromatic N) is 2. The fraction of sp³-hybridized carbons (Fsp3) is 0.368. The molecule has 0 unspecified atom stereocenters. The molecule has 1 aromatic heterocycles. The zero-order valence-electron chi connectivity index (χ0n) is 14.1. The molecule has 0 saturated heterocycles. The van der Waals surface area contributed by atoms with Gasteiger partial charge in [0.1, 0.15) is 5.69 Å². The number of hydrogen-bond acceptors (Lipinski definition) is 3. The smallest absolute Gasteiger partial charge is 0.269 e. The Morgan fingerprint density at radius 1 is 1.22 bits per heavy atom. The molecule has 0 fully saturated rings. The molecular formula is C19H25N3O. The summed E-state index contributed by atoms with van der Waals surface area (Å²) in [5, 5.41) is 2.91. The summed E-state index contributed by atoms with van der Waals surface area (Å²) in [6, 6.07) is 14.1. The van der Waals surface area contributed by atoms with Crippen molar-refractivity contribution in [1.29, 1.82) is 0 Å². The van der Waals surface area contributed by atoms with Crippen molar-refractivity contribution in [2.24, 2.45) is 5.92 Å². The van der Waals surface area contributed by atoms with Gasteiger partial charge in [-0.25, -0.2) is 0 Å². The van der Waals surface area contributed by atoms with Gasteiger partial charge >= 0.3 is 0 Å². The molecule has 0 aliphatic heterocycles. The van der Waals surface area contributed by atoms with E-state index >= 15 is 0 Å². The quantitative estimate of drug-likeness (QED) is 0.851. The predicted octanol–water partition coefficient (Wildman–Crippen LogP) is 3.49. The molecule has 2 aromatic rings. The number of aromatic nitrogens is 1. The van der Waals surface area contributed by atoms with Crippen molar-refractivity contribution in [1.82, 2.24) is 10.3 Å². The zero-order valence-corrected chi connectivity index (χ0v) is 14.1. The van der Waals surface area contributed by atoms with Gasteiger partial charge in [0, 0.05) is 31.5 Å². The van der Waals surface area contributed by atoms with Crippen LogP contribution >= 0.6 is 0 Å². The summed E-state index contributed by atoms with van der Waals surface area (Å²) in [6.45, 7) is 8.60. The monoisotopic (exact) mass is 311 g/mol. The van der Waals surface area contributed by atoms with Crippen molar-refractivity contribution in [2.45, 2.75) is 27.3 Å². The first-order valence-electron chi connectivity index (χ1n) is 8.13. The molecule has 0 bridgehead atoms. The van der Waals surface area contributed by atoms with Gasteiger partial charge in [0.2, 0.25) is 0 Å². The lowest BCUT2D eigenvalue weighted by molar-refractivity contribution is 0.0944. The highest BCUT2D eigenvalue weighted by molar-refractivity contribution is 5.93. The minimum atomic E-state index is -0.115. The average Bonchev–Trinajstić information content (AvgIpc) is 2.58. The largest absolute Gasteiger partial charge is 0.367 e. The maximum atomic E-state index is 12.2. The van der Waals surface area contributed by atoms with Gasteiger partial charge in [-0.05, 0) is 30.5 Å². The van der Waals surface area contributed by atoms with E-state index in [9.17, 15) is 4.79 Å². The standard InChI is InChI=1S/C19H25N3O/c1-4-22(14-16-8-6-5-7-9-16)17-10-11-20-18(12-17)19(23)21-13-15(2)3/h5-12,15H,4,13-14H2,1-3H3,(H,21,23). The van der Waals surface area contributed by atoms with Gasteiger partial charge in [0.15, 0.2) is 0 Å². The second kappa shape index (κ2) is 8.32. The molecule has 122 valence electrons. The summed E-state index contributed by atoms with van der Waals surface area (Å²) < 4.78 is 0. The zero-order chi connectivity index (χ0) is 16.7. The van der Waals surface area contributed by atoms with Gasteiger partial charge in [-0.3, -0.25) is 9.78 Å². The summed E-state index contributed by atoms with van der Waals surface area (Å²) in [6.07, 6.45) is 1.70. The van der Waals surface area contributed by atoms with E-state index in [-0.39, 0.29) is 5.91 Å². The summed E-state index contributed by atoms with van der Waals surface area (Å²) >= 11 is 0. The molecule has 1 aromatic carbocycles. The Labute approximate surface area is 138 Å². The van der Waals surface area contributed by atoms with Crippen molar-refractivity contribution in [3.05, 3.63) is 59.9 Å². The van der Waals surface area contributed by atoms with Crippen LogP contribution in [0, 0.1) is 5.92 Å². The van der Waals surface area contributed by atoms with Crippen molar-refractivity contribution in [3.63, 3.8) is 0 Å². The number of carbonyl (C=O) groups is 1. The lowest BCUT2D eigenvalue weighted by atomic mass is 10.2. The maximum Gasteiger partial charge on any atom is 0.269 e. The SMILES string of the molecule is CCN(Cc1ccccc1)c1ccnc(C(=O)NCC(C)C)c1. The Morgan fingerprint density at radius 2 is 1.96 bits per heavy atom. The molecule has 1 heterocycles. The van der Waals surface area contributed by atoms with Crippen LogP contribution in [0.4, 0.5) is 5.69 Å². The predicted molar refractivity (Wildman–Crippen MR) is 94.6 cm³/mol. The van der Waals surface area contributed by atoms with Crippen LogP contribution < -0.4 is 10.2 Å². The van der Waals surface area contributed by atoms with E-state index in [1.165, 1.54) is 5.56 Å². The molecule has 2 rings (SSSR count). The highest BCUT2D eigenvalue weighted by atomic mass is 16.1. The summed E-state index contributed by atoms with van der Waals surface area (Å²) in [4.78, 5) is 18.6. The van der Waals surface area contributed by atoms with Crippen molar-refractivity contribution in [2.75, 3.05) is 18.0 Å². The third kappa shape index (κ3) is 5.09. The van der Waals surface area contributed by atoms with Gasteiger partial charge < -0.3 is 10.2 Å². The van der Waals surface area contributed by atoms with Crippen LogP contribution in [-0.2, 0) is 6.54 Å². The second-order valence-corrected chi connectivity index (χ2v) is 6.00. The Bertz CT molecular complexity index is 626. The Kier molecular flexibility index (Phi) is 6.15. The summed E-state index contributed by atoms with van der Waals surface area (Å²) in [5.74, 6) is 0.309. The molecule has 0 aliphatic carbocycles. The van der Waals surface area contributed by atoms with Gasteiger partial charge in [0.05, 0.1) is 0 Å². The maximum absolute atomic E-state index is 12.2. The van der Waals surface area contributed by atoms with E-state index < -0.39 is 0 Å². The molecule has 23 heavy (non-hydrogen) atoms. The minimum absolute atomic E-state index is 0.115. The lowest BCUT2D eigenvalue weighted by Crippen LogP contribution is -2.28. The molecule has 0 aliphatic rings. The first-order chi connectivity index (χ1) is 11.1. The fourth-order valence-electron chi connectivity index (χ4n) is 2.32. The molecule has 0 radical (unpaired) electrons. The average molecular weight is 311 g/mol. The molecule has 1 N–H and O–H groups in total. The van der Waals surface area contributed by atoms with Crippen LogP contribution in [-0.4, -0.2) is 24.0 Å². The number of benzene rings is 1. The van der Waals surface area contributed by atoms with E-state index in [0.717, 1.165) is 18.8 Å². The van der Waals surface area contributed by atoms with Crippen LogP contribution in [0.5, 0.6) is 0 Å². The van der Waals surface area contributed by atoms with Gasteiger partial charge in [0.25, 0.3) is 5.91 Å². The van der Waals surface area contributed by atoms with Crippen LogP contribution in [0.3, 0.4) is 0 Å². The van der Waals surface area contributed by atoms with E-state index in [0.29, 0.717) is 18.2 Å². The highest BCUT2D eigenvalue weighted by Gasteiger charge is 2.11. The first-order valence-corrected chi connectivity index (χ1v) is 8.13. The van der Waals surface area contributed by atoms with E-state index in [1.54, 1.807) is 6.20 Å². The number of nitrogens with one attached hydrogen (secondary N) is 1. The van der Waals surface area contributed by atoms with Crippen molar-refractivity contribution >= 4 is 11.6 Å². The van der Waals surface area contributed by atoms with E-state index in [4.69, 9.17) is 0 Å². The Hall–Kier alpha value is -2.36. The van der Waals surface area contributed by atoms with Crippen LogP contribution in [0.25, 0.3) is 0 Å². The van der Waals surface area contributed by atoms with Gasteiger partial charge in [-0.2, -0.15) is 0 Å².